The highest BCUT2D eigenvalue weighted by Crippen LogP contribution is 2.23. The Morgan fingerprint density at radius 2 is 2.00 bits per heavy atom. The van der Waals surface area contributed by atoms with Crippen LogP contribution in [0.5, 0.6) is 11.5 Å². The van der Waals surface area contributed by atoms with Crippen LogP contribution in [0.2, 0.25) is 0 Å². The molecule has 0 aliphatic rings. The smallest absolute Gasteiger partial charge is 0.343 e. The van der Waals surface area contributed by atoms with E-state index in [-0.39, 0.29) is 5.11 Å². The van der Waals surface area contributed by atoms with E-state index in [1.165, 1.54) is 6.21 Å². The third kappa shape index (κ3) is 5.04. The van der Waals surface area contributed by atoms with Crippen molar-refractivity contribution in [2.45, 2.75) is 0 Å². The van der Waals surface area contributed by atoms with Gasteiger partial charge in [-0.25, -0.2) is 4.79 Å². The quantitative estimate of drug-likeness (QED) is 0.260. The molecule has 6 nitrogen and oxygen atoms in total. The lowest BCUT2D eigenvalue weighted by molar-refractivity contribution is 0.0734. The third-order valence-electron chi connectivity index (χ3n) is 2.88. The predicted octanol–water partition coefficient (Wildman–Crippen LogP) is 2.84. The predicted molar refractivity (Wildman–Crippen MR) is 99.6 cm³/mol. The molecule has 0 amide bonds. The first-order valence-corrected chi connectivity index (χ1v) is 7.94. The van der Waals surface area contributed by atoms with E-state index < -0.39 is 5.97 Å². The number of hydrazone groups is 1. The summed E-state index contributed by atoms with van der Waals surface area (Å²) in [4.78, 5) is 12.3. The summed E-state index contributed by atoms with van der Waals surface area (Å²) in [5.74, 6) is 0.524. The zero-order chi connectivity index (χ0) is 17.5. The van der Waals surface area contributed by atoms with Gasteiger partial charge in [-0.15, -0.1) is 0 Å². The van der Waals surface area contributed by atoms with Crippen LogP contribution in [-0.2, 0) is 0 Å². The number of halogens is 1. The van der Waals surface area contributed by atoms with E-state index in [9.17, 15) is 4.79 Å². The molecule has 0 bridgehead atoms. The Morgan fingerprint density at radius 3 is 2.62 bits per heavy atom. The molecule has 0 aliphatic heterocycles. The molecule has 0 radical (unpaired) electrons. The Balaban J connectivity index is 2.19. The molecule has 0 fully saturated rings. The maximum atomic E-state index is 12.3. The maximum absolute atomic E-state index is 12.3. The number of nitrogens with one attached hydrogen (secondary N) is 1. The number of thiocarbonyl (C=S) groups is 1. The van der Waals surface area contributed by atoms with E-state index in [0.717, 1.165) is 4.47 Å². The summed E-state index contributed by atoms with van der Waals surface area (Å²) < 4.78 is 11.3. The number of nitrogens with two attached hydrogens (primary N) is 1. The van der Waals surface area contributed by atoms with Crippen molar-refractivity contribution in [2.75, 3.05) is 7.11 Å². The van der Waals surface area contributed by atoms with E-state index in [2.05, 4.69) is 38.7 Å². The molecule has 0 heterocycles. The fourth-order valence-corrected chi connectivity index (χ4v) is 2.20. The standard InChI is InChI=1S/C16H14BrN3O3S/c1-22-13-5-2-10(3-6-13)15(21)23-14-7-4-12(17)8-11(14)9-19-20-16(18)24/h2-9H,1H3,(H3,18,20,24). The van der Waals surface area contributed by atoms with Crippen LogP contribution in [-0.4, -0.2) is 24.4 Å². The number of hydrogen-bond acceptors (Lipinski definition) is 5. The van der Waals surface area contributed by atoms with Gasteiger partial charge in [0.15, 0.2) is 5.11 Å². The van der Waals surface area contributed by atoms with Gasteiger partial charge in [-0.1, -0.05) is 15.9 Å². The van der Waals surface area contributed by atoms with Crippen molar-refractivity contribution < 1.29 is 14.3 Å². The first kappa shape index (κ1) is 17.9. The molecule has 24 heavy (non-hydrogen) atoms. The van der Waals surface area contributed by atoms with Crippen LogP contribution in [0.1, 0.15) is 15.9 Å². The van der Waals surface area contributed by atoms with Crippen molar-refractivity contribution in [1.82, 2.24) is 5.43 Å². The third-order valence-corrected chi connectivity index (χ3v) is 3.46. The number of hydrogen-bond donors (Lipinski definition) is 2. The van der Waals surface area contributed by atoms with Crippen LogP contribution >= 0.6 is 28.1 Å². The molecule has 0 atom stereocenters. The molecule has 0 saturated carbocycles. The summed E-state index contributed by atoms with van der Waals surface area (Å²) in [5, 5.41) is 3.92. The average Bonchev–Trinajstić information content (AvgIpc) is 2.57. The van der Waals surface area contributed by atoms with Gasteiger partial charge < -0.3 is 15.2 Å². The molecule has 2 rings (SSSR count). The maximum Gasteiger partial charge on any atom is 0.343 e. The van der Waals surface area contributed by atoms with Crippen LogP contribution in [0.4, 0.5) is 0 Å². The van der Waals surface area contributed by atoms with Gasteiger partial charge in [0.05, 0.1) is 18.9 Å². The van der Waals surface area contributed by atoms with E-state index >= 15 is 0 Å². The van der Waals surface area contributed by atoms with Crippen molar-refractivity contribution >= 4 is 45.4 Å². The van der Waals surface area contributed by atoms with Gasteiger partial charge >= 0.3 is 5.97 Å². The molecular weight excluding hydrogens is 394 g/mol. The summed E-state index contributed by atoms with van der Waals surface area (Å²) in [6, 6.07) is 11.8. The molecular formula is C16H14BrN3O3S. The SMILES string of the molecule is COc1ccc(C(=O)Oc2ccc(Br)cc2C=NNC(N)=S)cc1. The minimum Gasteiger partial charge on any atom is -0.497 e. The number of carbonyl (C=O) groups is 1. The Kier molecular flexibility index (Phi) is 6.28. The van der Waals surface area contributed by atoms with Crippen molar-refractivity contribution in [2.24, 2.45) is 10.8 Å². The molecule has 0 aliphatic carbocycles. The zero-order valence-corrected chi connectivity index (χ0v) is 15.1. The lowest BCUT2D eigenvalue weighted by Crippen LogP contribution is -2.24. The number of ether oxygens (including phenoxy) is 2. The monoisotopic (exact) mass is 407 g/mol. The molecule has 0 saturated heterocycles. The van der Waals surface area contributed by atoms with E-state index in [1.54, 1.807) is 49.6 Å². The highest BCUT2D eigenvalue weighted by Gasteiger charge is 2.11. The summed E-state index contributed by atoms with van der Waals surface area (Å²) in [6.45, 7) is 0. The highest BCUT2D eigenvalue weighted by atomic mass is 79.9. The number of benzene rings is 2. The topological polar surface area (TPSA) is 85.9 Å². The van der Waals surface area contributed by atoms with Crippen molar-refractivity contribution in [3.8, 4) is 11.5 Å². The van der Waals surface area contributed by atoms with Crippen LogP contribution < -0.4 is 20.6 Å². The largest absolute Gasteiger partial charge is 0.497 e. The number of nitrogens with zero attached hydrogens (tertiary/aromatic N) is 1. The Morgan fingerprint density at radius 1 is 1.29 bits per heavy atom. The second-order valence-electron chi connectivity index (χ2n) is 4.53. The molecule has 8 heteroatoms. The van der Waals surface area contributed by atoms with Crippen LogP contribution in [0.3, 0.4) is 0 Å². The van der Waals surface area contributed by atoms with Gasteiger partial charge in [0.25, 0.3) is 0 Å². The molecule has 124 valence electrons. The van der Waals surface area contributed by atoms with Gasteiger partial charge in [-0.05, 0) is 54.7 Å². The molecule has 0 aromatic heterocycles. The first-order chi connectivity index (χ1) is 11.5. The minimum absolute atomic E-state index is 0.0398. The molecule has 0 spiro atoms. The Labute approximate surface area is 152 Å². The van der Waals surface area contributed by atoms with E-state index in [4.69, 9.17) is 15.2 Å². The molecule has 0 unspecified atom stereocenters. The van der Waals surface area contributed by atoms with Gasteiger partial charge in [-0.2, -0.15) is 5.10 Å². The number of esters is 1. The van der Waals surface area contributed by atoms with Crippen LogP contribution in [0, 0.1) is 0 Å². The second-order valence-corrected chi connectivity index (χ2v) is 5.89. The number of methoxy groups -OCH3 is 1. The molecule has 3 N–H and O–H groups in total. The van der Waals surface area contributed by atoms with Gasteiger partial charge in [0.1, 0.15) is 11.5 Å². The van der Waals surface area contributed by atoms with Crippen molar-refractivity contribution in [3.05, 3.63) is 58.1 Å². The normalized spacial score (nSPS) is 10.4. The molecule has 2 aromatic carbocycles. The average molecular weight is 408 g/mol. The summed E-state index contributed by atoms with van der Waals surface area (Å²) >= 11 is 8.03. The first-order valence-electron chi connectivity index (χ1n) is 6.74. The number of rotatable bonds is 5. The van der Waals surface area contributed by atoms with Crippen molar-refractivity contribution in [3.63, 3.8) is 0 Å². The van der Waals surface area contributed by atoms with E-state index in [1.807, 2.05) is 0 Å². The van der Waals surface area contributed by atoms with E-state index in [0.29, 0.717) is 22.6 Å². The lowest BCUT2D eigenvalue weighted by Gasteiger charge is -2.08. The molecule has 2 aromatic rings. The summed E-state index contributed by atoms with van der Waals surface area (Å²) in [5.41, 5.74) is 8.74. The Hall–Kier alpha value is -2.45. The summed E-state index contributed by atoms with van der Waals surface area (Å²) in [7, 11) is 1.56. The van der Waals surface area contributed by atoms with Gasteiger partial charge in [0.2, 0.25) is 0 Å². The fraction of sp³-hybridized carbons (Fsp3) is 0.0625. The summed E-state index contributed by atoms with van der Waals surface area (Å²) in [6.07, 6.45) is 1.46. The highest BCUT2D eigenvalue weighted by molar-refractivity contribution is 9.10. The van der Waals surface area contributed by atoms with Crippen LogP contribution in [0.25, 0.3) is 0 Å². The van der Waals surface area contributed by atoms with Gasteiger partial charge in [0, 0.05) is 10.0 Å². The fourth-order valence-electron chi connectivity index (χ4n) is 1.76. The lowest BCUT2D eigenvalue weighted by atomic mass is 10.2. The second kappa shape index (κ2) is 8.42. The van der Waals surface area contributed by atoms with Crippen LogP contribution in [0.15, 0.2) is 52.0 Å². The zero-order valence-electron chi connectivity index (χ0n) is 12.7. The minimum atomic E-state index is -0.489. The number of carbonyl (C=O) groups excluding carboxylic acids is 1. The van der Waals surface area contributed by atoms with Crippen molar-refractivity contribution in [1.29, 1.82) is 0 Å². The Bertz CT molecular complexity index is 779. The van der Waals surface area contributed by atoms with Gasteiger partial charge in [-0.3, -0.25) is 5.43 Å².